The van der Waals surface area contributed by atoms with E-state index >= 15 is 0 Å². The molecule has 106 valence electrons. The van der Waals surface area contributed by atoms with Gasteiger partial charge >= 0.3 is 6.18 Å². The van der Waals surface area contributed by atoms with Gasteiger partial charge in [0.1, 0.15) is 5.82 Å². The number of nitrogens with two attached hydrogens (primary N) is 1. The number of hydrogen-bond donors (Lipinski definition) is 2. The fourth-order valence-corrected chi connectivity index (χ4v) is 1.78. The fraction of sp³-hybridized carbons (Fsp3) is 0.143. The second-order valence-corrected chi connectivity index (χ2v) is 4.25. The van der Waals surface area contributed by atoms with Crippen LogP contribution in [0.15, 0.2) is 42.5 Å². The molecule has 0 fully saturated rings. The molecule has 2 rings (SSSR count). The second-order valence-electron chi connectivity index (χ2n) is 4.25. The maximum Gasteiger partial charge on any atom is 0.418 e. The molecule has 20 heavy (non-hydrogen) atoms. The lowest BCUT2D eigenvalue weighted by Gasteiger charge is -2.15. The Hall–Kier alpha value is -2.24. The monoisotopic (exact) mass is 284 g/mol. The highest BCUT2D eigenvalue weighted by Gasteiger charge is 2.33. The molecule has 3 N–H and O–H groups in total. The van der Waals surface area contributed by atoms with E-state index in [1.54, 1.807) is 6.07 Å². The van der Waals surface area contributed by atoms with E-state index in [0.717, 1.165) is 6.07 Å². The van der Waals surface area contributed by atoms with E-state index in [1.165, 1.54) is 30.3 Å². The summed E-state index contributed by atoms with van der Waals surface area (Å²) < 4.78 is 52.0. The van der Waals surface area contributed by atoms with Gasteiger partial charge in [-0.1, -0.05) is 18.2 Å². The summed E-state index contributed by atoms with van der Waals surface area (Å²) in [5.74, 6) is -0.469. The van der Waals surface area contributed by atoms with Crippen LogP contribution in [0.1, 0.15) is 11.1 Å². The molecule has 2 aromatic carbocycles. The Morgan fingerprint density at radius 3 is 2.40 bits per heavy atom. The highest BCUT2D eigenvalue weighted by atomic mass is 19.4. The van der Waals surface area contributed by atoms with Gasteiger partial charge in [0.2, 0.25) is 0 Å². The SMILES string of the molecule is Nc1ccc(NCc2ccccc2F)c(C(F)(F)F)c1. The zero-order valence-electron chi connectivity index (χ0n) is 10.3. The Kier molecular flexibility index (Phi) is 3.83. The van der Waals surface area contributed by atoms with Crippen LogP contribution in [0.3, 0.4) is 0 Å². The van der Waals surface area contributed by atoms with Gasteiger partial charge in [-0.05, 0) is 24.3 Å². The lowest BCUT2D eigenvalue weighted by molar-refractivity contribution is -0.136. The maximum atomic E-state index is 13.4. The third-order valence-electron chi connectivity index (χ3n) is 2.78. The maximum absolute atomic E-state index is 13.4. The standard InChI is InChI=1S/C14H12F4N2/c15-12-4-2-1-3-9(12)8-20-13-6-5-10(19)7-11(13)14(16,17)18/h1-7,20H,8,19H2. The highest BCUT2D eigenvalue weighted by Crippen LogP contribution is 2.36. The quantitative estimate of drug-likeness (QED) is 0.659. The average molecular weight is 284 g/mol. The molecule has 0 radical (unpaired) electrons. The number of hydrogen-bond acceptors (Lipinski definition) is 2. The molecule has 0 unspecified atom stereocenters. The van der Waals surface area contributed by atoms with Crippen LogP contribution >= 0.6 is 0 Å². The number of halogens is 4. The molecule has 0 aliphatic rings. The lowest BCUT2D eigenvalue weighted by Crippen LogP contribution is -2.12. The normalized spacial score (nSPS) is 11.4. The average Bonchev–Trinajstić information content (AvgIpc) is 2.38. The van der Waals surface area contributed by atoms with E-state index in [9.17, 15) is 17.6 Å². The topological polar surface area (TPSA) is 38.0 Å². The predicted molar refractivity (Wildman–Crippen MR) is 69.6 cm³/mol. The van der Waals surface area contributed by atoms with Crippen LogP contribution < -0.4 is 11.1 Å². The zero-order chi connectivity index (χ0) is 14.8. The molecule has 2 aromatic rings. The molecular weight excluding hydrogens is 272 g/mol. The van der Waals surface area contributed by atoms with Crippen molar-refractivity contribution >= 4 is 11.4 Å². The second kappa shape index (κ2) is 5.40. The summed E-state index contributed by atoms with van der Waals surface area (Å²) in [7, 11) is 0. The minimum absolute atomic E-state index is 0.0220. The molecule has 0 spiro atoms. The van der Waals surface area contributed by atoms with Crippen molar-refractivity contribution in [3.63, 3.8) is 0 Å². The van der Waals surface area contributed by atoms with E-state index < -0.39 is 17.6 Å². The predicted octanol–water partition coefficient (Wildman–Crippen LogP) is 4.04. The van der Waals surface area contributed by atoms with Gasteiger partial charge in [0.05, 0.1) is 5.56 Å². The van der Waals surface area contributed by atoms with Crippen LogP contribution in [-0.2, 0) is 12.7 Å². The van der Waals surface area contributed by atoms with E-state index in [-0.39, 0.29) is 23.5 Å². The molecule has 6 heteroatoms. The smallest absolute Gasteiger partial charge is 0.399 e. The van der Waals surface area contributed by atoms with Gasteiger partial charge in [0.15, 0.2) is 0 Å². The molecule has 0 bridgehead atoms. The Bertz CT molecular complexity index is 608. The van der Waals surface area contributed by atoms with Crippen molar-refractivity contribution in [1.82, 2.24) is 0 Å². The van der Waals surface area contributed by atoms with Gasteiger partial charge in [0.25, 0.3) is 0 Å². The summed E-state index contributed by atoms with van der Waals surface area (Å²) in [4.78, 5) is 0. The van der Waals surface area contributed by atoms with E-state index in [2.05, 4.69) is 5.32 Å². The Morgan fingerprint density at radius 1 is 1.05 bits per heavy atom. The van der Waals surface area contributed by atoms with Crippen molar-refractivity contribution in [3.8, 4) is 0 Å². The van der Waals surface area contributed by atoms with Crippen LogP contribution in [0.4, 0.5) is 28.9 Å². The summed E-state index contributed by atoms with van der Waals surface area (Å²) in [5.41, 5.74) is 4.68. The molecular formula is C14H12F4N2. The van der Waals surface area contributed by atoms with E-state index in [4.69, 9.17) is 5.73 Å². The molecule has 2 nitrogen and oxygen atoms in total. The van der Waals surface area contributed by atoms with Crippen LogP contribution in [0, 0.1) is 5.82 Å². The van der Waals surface area contributed by atoms with Crippen molar-refractivity contribution in [2.24, 2.45) is 0 Å². The van der Waals surface area contributed by atoms with Crippen molar-refractivity contribution in [2.45, 2.75) is 12.7 Å². The van der Waals surface area contributed by atoms with Gasteiger partial charge in [-0.15, -0.1) is 0 Å². The lowest BCUT2D eigenvalue weighted by atomic mass is 10.1. The first-order valence-corrected chi connectivity index (χ1v) is 5.82. The van der Waals surface area contributed by atoms with Gasteiger partial charge in [-0.3, -0.25) is 0 Å². The fourth-order valence-electron chi connectivity index (χ4n) is 1.78. The molecule has 0 amide bonds. The number of alkyl halides is 3. The minimum atomic E-state index is -4.52. The molecule has 0 saturated heterocycles. The van der Waals surface area contributed by atoms with Crippen molar-refractivity contribution < 1.29 is 17.6 Å². The van der Waals surface area contributed by atoms with Crippen molar-refractivity contribution in [3.05, 3.63) is 59.4 Å². The molecule has 0 heterocycles. The zero-order valence-corrected chi connectivity index (χ0v) is 10.3. The Balaban J connectivity index is 2.24. The minimum Gasteiger partial charge on any atom is -0.399 e. The molecule has 0 saturated carbocycles. The number of nitrogen functional groups attached to an aromatic ring is 1. The molecule has 0 aromatic heterocycles. The van der Waals surface area contributed by atoms with Crippen LogP contribution in [-0.4, -0.2) is 0 Å². The van der Waals surface area contributed by atoms with Crippen LogP contribution in [0.5, 0.6) is 0 Å². The van der Waals surface area contributed by atoms with E-state index in [0.29, 0.717) is 0 Å². The first-order chi connectivity index (χ1) is 9.38. The molecule has 0 atom stereocenters. The van der Waals surface area contributed by atoms with Crippen molar-refractivity contribution in [1.29, 1.82) is 0 Å². The van der Waals surface area contributed by atoms with E-state index in [1.807, 2.05) is 0 Å². The van der Waals surface area contributed by atoms with Gasteiger partial charge in [-0.25, -0.2) is 4.39 Å². The number of anilines is 2. The van der Waals surface area contributed by atoms with Gasteiger partial charge in [0, 0.05) is 23.5 Å². The Morgan fingerprint density at radius 2 is 1.75 bits per heavy atom. The third-order valence-corrected chi connectivity index (χ3v) is 2.78. The molecule has 0 aliphatic carbocycles. The summed E-state index contributed by atoms with van der Waals surface area (Å²) in [6, 6.07) is 9.34. The first-order valence-electron chi connectivity index (χ1n) is 5.82. The van der Waals surface area contributed by atoms with Gasteiger partial charge in [-0.2, -0.15) is 13.2 Å². The largest absolute Gasteiger partial charge is 0.418 e. The summed E-state index contributed by atoms with van der Waals surface area (Å²) >= 11 is 0. The Labute approximate surface area is 113 Å². The number of nitrogens with one attached hydrogen (secondary N) is 1. The van der Waals surface area contributed by atoms with Gasteiger partial charge < -0.3 is 11.1 Å². The molecule has 0 aliphatic heterocycles. The highest BCUT2D eigenvalue weighted by molar-refractivity contribution is 5.59. The van der Waals surface area contributed by atoms with Crippen molar-refractivity contribution in [2.75, 3.05) is 11.1 Å². The van der Waals surface area contributed by atoms with Crippen LogP contribution in [0.25, 0.3) is 0 Å². The third kappa shape index (κ3) is 3.20. The number of benzene rings is 2. The summed E-state index contributed by atoms with van der Waals surface area (Å²) in [6.07, 6.45) is -4.52. The van der Waals surface area contributed by atoms with Crippen LogP contribution in [0.2, 0.25) is 0 Å². The first kappa shape index (κ1) is 14.2. The number of rotatable bonds is 3. The summed E-state index contributed by atoms with van der Waals surface area (Å²) in [6.45, 7) is -0.0420. The summed E-state index contributed by atoms with van der Waals surface area (Å²) in [5, 5.41) is 2.59.